The highest BCUT2D eigenvalue weighted by Crippen LogP contribution is 2.29. The summed E-state index contributed by atoms with van der Waals surface area (Å²) in [6, 6.07) is 7.79. The molecule has 3 atom stereocenters. The zero-order valence-corrected chi connectivity index (χ0v) is 14.4. The van der Waals surface area contributed by atoms with Crippen molar-refractivity contribution in [1.82, 2.24) is 4.90 Å². The van der Waals surface area contributed by atoms with Crippen LogP contribution in [0.15, 0.2) is 24.3 Å². The van der Waals surface area contributed by atoms with E-state index in [2.05, 4.69) is 13.0 Å². The number of amides is 1. The van der Waals surface area contributed by atoms with E-state index in [1.54, 1.807) is 0 Å². The molecule has 0 aromatic heterocycles. The molecule has 0 saturated carbocycles. The van der Waals surface area contributed by atoms with Crippen LogP contribution in [0.5, 0.6) is 0 Å². The van der Waals surface area contributed by atoms with E-state index >= 15 is 0 Å². The summed E-state index contributed by atoms with van der Waals surface area (Å²) in [5.41, 5.74) is 2.24. The smallest absolute Gasteiger partial charge is 0.307 e. The molecule has 24 heavy (non-hydrogen) atoms. The first-order valence-electron chi connectivity index (χ1n) is 8.83. The third kappa shape index (κ3) is 3.31. The van der Waals surface area contributed by atoms with Crippen molar-refractivity contribution in [3.8, 4) is 0 Å². The van der Waals surface area contributed by atoms with E-state index in [4.69, 9.17) is 0 Å². The van der Waals surface area contributed by atoms with Gasteiger partial charge in [0.2, 0.25) is 5.91 Å². The molecule has 1 aromatic rings. The van der Waals surface area contributed by atoms with Crippen molar-refractivity contribution in [2.24, 2.45) is 11.8 Å². The van der Waals surface area contributed by atoms with Gasteiger partial charge in [-0.05, 0) is 43.7 Å². The number of para-hydroxylation sites is 1. The summed E-state index contributed by atoms with van der Waals surface area (Å²) in [5.74, 6) is -0.753. The molecule has 2 aliphatic heterocycles. The monoisotopic (exact) mass is 330 g/mol. The molecule has 0 bridgehead atoms. The molecule has 1 amide bonds. The van der Waals surface area contributed by atoms with Gasteiger partial charge in [-0.15, -0.1) is 0 Å². The Morgan fingerprint density at radius 1 is 1.25 bits per heavy atom. The molecule has 0 aliphatic carbocycles. The van der Waals surface area contributed by atoms with Gasteiger partial charge in [0, 0.05) is 25.3 Å². The lowest BCUT2D eigenvalue weighted by Gasteiger charge is -2.40. The first kappa shape index (κ1) is 17.0. The van der Waals surface area contributed by atoms with Crippen LogP contribution < -0.4 is 4.90 Å². The van der Waals surface area contributed by atoms with Gasteiger partial charge in [0.15, 0.2) is 0 Å². The second-order valence-corrected chi connectivity index (χ2v) is 7.23. The molecule has 1 fully saturated rings. The summed E-state index contributed by atoms with van der Waals surface area (Å²) in [7, 11) is 0. The van der Waals surface area contributed by atoms with Gasteiger partial charge < -0.3 is 10.0 Å². The number of carbonyl (C=O) groups excluding carboxylic acids is 1. The van der Waals surface area contributed by atoms with Crippen LogP contribution in [-0.2, 0) is 16.0 Å². The number of carboxylic acids is 1. The van der Waals surface area contributed by atoms with Crippen molar-refractivity contribution in [3.63, 3.8) is 0 Å². The van der Waals surface area contributed by atoms with Gasteiger partial charge in [-0.25, -0.2) is 0 Å². The molecule has 3 unspecified atom stereocenters. The molecule has 0 spiro atoms. The van der Waals surface area contributed by atoms with E-state index in [0.29, 0.717) is 18.9 Å². The van der Waals surface area contributed by atoms with Gasteiger partial charge >= 0.3 is 5.97 Å². The van der Waals surface area contributed by atoms with Gasteiger partial charge in [-0.2, -0.15) is 0 Å². The topological polar surface area (TPSA) is 60.9 Å². The molecule has 1 N–H and O–H groups in total. The first-order chi connectivity index (χ1) is 11.5. The van der Waals surface area contributed by atoms with Gasteiger partial charge in [0.25, 0.3) is 0 Å². The average Bonchev–Trinajstić information content (AvgIpc) is 2.59. The predicted octanol–water partition coefficient (Wildman–Crippen LogP) is 2.40. The van der Waals surface area contributed by atoms with Crippen LogP contribution in [0.4, 0.5) is 5.69 Å². The Kier molecular flexibility index (Phi) is 4.90. The molecule has 3 rings (SSSR count). The fourth-order valence-corrected chi connectivity index (χ4v) is 4.03. The van der Waals surface area contributed by atoms with Gasteiger partial charge in [-0.3, -0.25) is 14.5 Å². The Morgan fingerprint density at radius 2 is 2.00 bits per heavy atom. The van der Waals surface area contributed by atoms with Crippen molar-refractivity contribution in [2.45, 2.75) is 39.2 Å². The van der Waals surface area contributed by atoms with Crippen LogP contribution in [0.2, 0.25) is 0 Å². The third-order valence-electron chi connectivity index (χ3n) is 5.32. The van der Waals surface area contributed by atoms with E-state index in [1.807, 2.05) is 34.9 Å². The quantitative estimate of drug-likeness (QED) is 0.924. The standard InChI is InChI=1S/C19H26N2O3/c1-13-10-16(19(23)24)12-20(11-13)14(2)18(22)21-9-5-7-15-6-3-4-8-17(15)21/h3-4,6,8,13-14,16H,5,7,9-12H2,1-2H3,(H,23,24). The molecule has 1 aromatic carbocycles. The number of aryl methyl sites for hydroxylation is 1. The number of piperidine rings is 1. The first-order valence-corrected chi connectivity index (χ1v) is 8.83. The maximum absolute atomic E-state index is 13.1. The summed E-state index contributed by atoms with van der Waals surface area (Å²) >= 11 is 0. The van der Waals surface area contributed by atoms with E-state index < -0.39 is 5.97 Å². The third-order valence-corrected chi connectivity index (χ3v) is 5.32. The zero-order chi connectivity index (χ0) is 17.3. The molecule has 2 aliphatic rings. The summed E-state index contributed by atoms with van der Waals surface area (Å²) in [6.45, 7) is 5.96. The maximum Gasteiger partial charge on any atom is 0.307 e. The SMILES string of the molecule is CC1CC(C(=O)O)CN(C(C)C(=O)N2CCCc3ccccc32)C1. The molecule has 5 nitrogen and oxygen atoms in total. The molecular weight excluding hydrogens is 304 g/mol. The summed E-state index contributed by atoms with van der Waals surface area (Å²) < 4.78 is 0. The highest BCUT2D eigenvalue weighted by atomic mass is 16.4. The molecule has 1 saturated heterocycles. The minimum Gasteiger partial charge on any atom is -0.481 e. The van der Waals surface area contributed by atoms with Crippen molar-refractivity contribution < 1.29 is 14.7 Å². The minimum absolute atomic E-state index is 0.0837. The Morgan fingerprint density at radius 3 is 2.75 bits per heavy atom. The fraction of sp³-hybridized carbons (Fsp3) is 0.579. The Hall–Kier alpha value is -1.88. The Labute approximate surface area is 143 Å². The maximum atomic E-state index is 13.1. The van der Waals surface area contributed by atoms with Crippen LogP contribution in [0.1, 0.15) is 32.3 Å². The van der Waals surface area contributed by atoms with Crippen molar-refractivity contribution >= 4 is 17.6 Å². The van der Waals surface area contributed by atoms with Crippen molar-refractivity contribution in [2.75, 3.05) is 24.5 Å². The lowest BCUT2D eigenvalue weighted by atomic mass is 9.89. The number of likely N-dealkylation sites (tertiary alicyclic amines) is 1. The number of benzene rings is 1. The Bertz CT molecular complexity index is 631. The van der Waals surface area contributed by atoms with Crippen LogP contribution in [0.3, 0.4) is 0 Å². The summed E-state index contributed by atoms with van der Waals surface area (Å²) in [5, 5.41) is 9.35. The Balaban J connectivity index is 1.76. The van der Waals surface area contributed by atoms with Crippen LogP contribution >= 0.6 is 0 Å². The molecule has 5 heteroatoms. The number of hydrogen-bond donors (Lipinski definition) is 1. The van der Waals surface area contributed by atoms with Crippen LogP contribution in [0, 0.1) is 11.8 Å². The minimum atomic E-state index is -0.755. The average molecular weight is 330 g/mol. The number of anilines is 1. The number of rotatable bonds is 3. The van der Waals surface area contributed by atoms with E-state index in [0.717, 1.165) is 31.6 Å². The normalized spacial score (nSPS) is 25.8. The van der Waals surface area contributed by atoms with Crippen molar-refractivity contribution in [3.05, 3.63) is 29.8 Å². The number of carboxylic acid groups (broad SMARTS) is 1. The molecule has 2 heterocycles. The summed E-state index contributed by atoms with van der Waals surface area (Å²) in [4.78, 5) is 28.4. The van der Waals surface area contributed by atoms with Gasteiger partial charge in [0.05, 0.1) is 12.0 Å². The second kappa shape index (κ2) is 6.93. The number of aliphatic carboxylic acids is 1. The van der Waals surface area contributed by atoms with Crippen molar-refractivity contribution in [1.29, 1.82) is 0 Å². The molecule has 130 valence electrons. The predicted molar refractivity (Wildman–Crippen MR) is 93.1 cm³/mol. The number of hydrogen-bond acceptors (Lipinski definition) is 3. The number of fused-ring (bicyclic) bond motifs is 1. The van der Waals surface area contributed by atoms with E-state index in [-0.39, 0.29) is 17.9 Å². The highest BCUT2D eigenvalue weighted by molar-refractivity contribution is 5.98. The lowest BCUT2D eigenvalue weighted by Crippen LogP contribution is -2.53. The van der Waals surface area contributed by atoms with E-state index in [1.165, 1.54) is 5.56 Å². The van der Waals surface area contributed by atoms with E-state index in [9.17, 15) is 14.7 Å². The lowest BCUT2D eigenvalue weighted by molar-refractivity contribution is -0.145. The second-order valence-electron chi connectivity index (χ2n) is 7.23. The zero-order valence-electron chi connectivity index (χ0n) is 14.4. The molecular formula is C19H26N2O3. The van der Waals surface area contributed by atoms with Gasteiger partial charge in [-0.1, -0.05) is 25.1 Å². The number of nitrogens with zero attached hydrogens (tertiary/aromatic N) is 2. The molecule has 0 radical (unpaired) electrons. The summed E-state index contributed by atoms with van der Waals surface area (Å²) in [6.07, 6.45) is 2.68. The largest absolute Gasteiger partial charge is 0.481 e. The van der Waals surface area contributed by atoms with Gasteiger partial charge in [0.1, 0.15) is 0 Å². The highest BCUT2D eigenvalue weighted by Gasteiger charge is 2.36. The van der Waals surface area contributed by atoms with Crippen LogP contribution in [0.25, 0.3) is 0 Å². The fourth-order valence-electron chi connectivity index (χ4n) is 4.03. The van der Waals surface area contributed by atoms with Crippen LogP contribution in [-0.4, -0.2) is 47.6 Å². The number of carbonyl (C=O) groups is 2.